The first-order chi connectivity index (χ1) is 7.72. The molecule has 0 saturated heterocycles. The Hall–Kier alpha value is -1.56. The fourth-order valence-corrected chi connectivity index (χ4v) is 1.57. The molecule has 0 unspecified atom stereocenters. The molecule has 18 heavy (non-hydrogen) atoms. The molecule has 0 fully saturated rings. The molecule has 0 bridgehead atoms. The van der Waals surface area contributed by atoms with Gasteiger partial charge in [-0.2, -0.15) is 0 Å². The third-order valence-electron chi connectivity index (χ3n) is 2.36. The van der Waals surface area contributed by atoms with Crippen molar-refractivity contribution in [2.75, 3.05) is 0 Å². The van der Waals surface area contributed by atoms with E-state index in [1.807, 2.05) is 12.1 Å². The van der Waals surface area contributed by atoms with Crippen LogP contribution in [0, 0.1) is 0 Å². The Labute approximate surface area is 117 Å². The monoisotopic (exact) mass is 288 g/mol. The van der Waals surface area contributed by atoms with Crippen molar-refractivity contribution < 1.29 is 4.79 Å². The van der Waals surface area contributed by atoms with Crippen molar-refractivity contribution >= 4 is 30.7 Å². The number of carbonyl (C=O) groups excluding carboxylic acids is 1. The molecule has 5 N–H and O–H groups in total. The van der Waals surface area contributed by atoms with Gasteiger partial charge in [-0.25, -0.2) is 0 Å². The lowest BCUT2D eigenvalue weighted by molar-refractivity contribution is 0.0999. The molecule has 2 rings (SSSR count). The Kier molecular flexibility index (Phi) is 6.40. The Morgan fingerprint density at radius 3 is 2.33 bits per heavy atom. The molecule has 0 spiro atoms. The average molecular weight is 289 g/mol. The molecular weight excluding hydrogens is 275 g/mol. The van der Waals surface area contributed by atoms with E-state index in [0.717, 1.165) is 11.3 Å². The third kappa shape index (κ3) is 3.22. The molecule has 0 radical (unpaired) electrons. The van der Waals surface area contributed by atoms with Crippen LogP contribution in [0.15, 0.2) is 30.6 Å². The van der Waals surface area contributed by atoms with Crippen LogP contribution in [-0.4, -0.2) is 15.9 Å². The van der Waals surface area contributed by atoms with Crippen molar-refractivity contribution in [3.8, 4) is 11.3 Å². The number of nitrogens with one attached hydrogen (secondary N) is 1. The van der Waals surface area contributed by atoms with E-state index in [-0.39, 0.29) is 31.4 Å². The number of pyridine rings is 1. The van der Waals surface area contributed by atoms with Crippen molar-refractivity contribution in [1.29, 1.82) is 0 Å². The van der Waals surface area contributed by atoms with Crippen LogP contribution in [0.3, 0.4) is 0 Å². The van der Waals surface area contributed by atoms with E-state index in [2.05, 4.69) is 9.97 Å². The molecule has 0 aliphatic rings. The predicted molar refractivity (Wildman–Crippen MR) is 74.9 cm³/mol. The highest BCUT2D eigenvalue weighted by molar-refractivity contribution is 5.95. The second-order valence-corrected chi connectivity index (χ2v) is 3.38. The Morgan fingerprint density at radius 2 is 1.89 bits per heavy atom. The minimum absolute atomic E-state index is 0. The highest BCUT2D eigenvalue weighted by atomic mass is 35.5. The maximum atomic E-state index is 11.2. The zero-order valence-corrected chi connectivity index (χ0v) is 11.1. The molecule has 1 amide bonds. The molecule has 0 atom stereocenters. The fraction of sp³-hybridized carbons (Fsp3) is 0.0909. The van der Waals surface area contributed by atoms with Crippen LogP contribution in [-0.2, 0) is 6.54 Å². The molecule has 98 valence electrons. The fourth-order valence-electron chi connectivity index (χ4n) is 1.57. The van der Waals surface area contributed by atoms with Gasteiger partial charge in [0.15, 0.2) is 0 Å². The van der Waals surface area contributed by atoms with Crippen LogP contribution in [0.5, 0.6) is 0 Å². The minimum Gasteiger partial charge on any atom is -0.366 e. The van der Waals surface area contributed by atoms with Gasteiger partial charge in [-0.15, -0.1) is 24.8 Å². The molecule has 0 aliphatic heterocycles. The van der Waals surface area contributed by atoms with E-state index in [0.29, 0.717) is 11.3 Å². The summed E-state index contributed by atoms with van der Waals surface area (Å²) in [6.07, 6.45) is 3.37. The topological polar surface area (TPSA) is 97.8 Å². The number of halogens is 2. The lowest BCUT2D eigenvalue weighted by atomic mass is 10.1. The number of H-pyrrole nitrogens is 1. The van der Waals surface area contributed by atoms with Gasteiger partial charge in [-0.05, 0) is 18.2 Å². The molecule has 2 heterocycles. The van der Waals surface area contributed by atoms with Crippen molar-refractivity contribution in [1.82, 2.24) is 9.97 Å². The molecular formula is C11H14Cl2N4O. The summed E-state index contributed by atoms with van der Waals surface area (Å²) in [6.45, 7) is 0.253. The second-order valence-electron chi connectivity index (χ2n) is 3.38. The van der Waals surface area contributed by atoms with Gasteiger partial charge < -0.3 is 16.5 Å². The smallest absolute Gasteiger partial charge is 0.250 e. The SMILES string of the molecule is Cl.Cl.NCc1[nH]c(-c2ccncc2)cc1C(N)=O. The van der Waals surface area contributed by atoms with E-state index in [9.17, 15) is 4.79 Å². The van der Waals surface area contributed by atoms with Crippen molar-refractivity contribution in [2.24, 2.45) is 11.5 Å². The van der Waals surface area contributed by atoms with Crippen LogP contribution in [0.25, 0.3) is 11.3 Å². The summed E-state index contributed by atoms with van der Waals surface area (Å²) in [5.74, 6) is -0.475. The Balaban J connectivity index is 0.00000144. The average Bonchev–Trinajstić information content (AvgIpc) is 2.74. The van der Waals surface area contributed by atoms with Gasteiger partial charge in [0.2, 0.25) is 0 Å². The van der Waals surface area contributed by atoms with Crippen LogP contribution < -0.4 is 11.5 Å². The maximum absolute atomic E-state index is 11.2. The maximum Gasteiger partial charge on any atom is 0.250 e. The first-order valence-electron chi connectivity index (χ1n) is 4.84. The van der Waals surface area contributed by atoms with Gasteiger partial charge in [0, 0.05) is 35.9 Å². The van der Waals surface area contributed by atoms with Crippen molar-refractivity contribution in [3.05, 3.63) is 41.9 Å². The lowest BCUT2D eigenvalue weighted by Gasteiger charge is -1.96. The third-order valence-corrected chi connectivity index (χ3v) is 2.36. The zero-order chi connectivity index (χ0) is 11.5. The van der Waals surface area contributed by atoms with E-state index >= 15 is 0 Å². The highest BCUT2D eigenvalue weighted by Gasteiger charge is 2.12. The molecule has 2 aromatic rings. The summed E-state index contributed by atoms with van der Waals surface area (Å²) in [5.41, 5.74) is 13.6. The van der Waals surface area contributed by atoms with Gasteiger partial charge in [0.25, 0.3) is 5.91 Å². The number of hydrogen-bond donors (Lipinski definition) is 3. The van der Waals surface area contributed by atoms with Gasteiger partial charge in [0.1, 0.15) is 0 Å². The summed E-state index contributed by atoms with van der Waals surface area (Å²) in [7, 11) is 0. The normalized spacial score (nSPS) is 9.17. The number of rotatable bonds is 3. The van der Waals surface area contributed by atoms with E-state index in [1.54, 1.807) is 18.5 Å². The molecule has 0 aliphatic carbocycles. The lowest BCUT2D eigenvalue weighted by Crippen LogP contribution is -2.13. The standard InChI is InChI=1S/C11H12N4O.2ClH/c12-6-10-8(11(13)16)5-9(15-10)7-1-3-14-4-2-7;;/h1-5,15H,6,12H2,(H2,13,16);2*1H. The van der Waals surface area contributed by atoms with Crippen LogP contribution >= 0.6 is 24.8 Å². The van der Waals surface area contributed by atoms with Gasteiger partial charge in [-0.1, -0.05) is 0 Å². The van der Waals surface area contributed by atoms with Gasteiger partial charge in [-0.3, -0.25) is 9.78 Å². The quantitative estimate of drug-likeness (QED) is 0.798. The predicted octanol–water partition coefficient (Wildman–Crippen LogP) is 1.48. The van der Waals surface area contributed by atoms with Crippen molar-refractivity contribution in [2.45, 2.75) is 6.54 Å². The highest BCUT2D eigenvalue weighted by Crippen LogP contribution is 2.20. The molecule has 7 heteroatoms. The van der Waals surface area contributed by atoms with Crippen LogP contribution in [0.4, 0.5) is 0 Å². The Morgan fingerprint density at radius 1 is 1.28 bits per heavy atom. The minimum atomic E-state index is -0.475. The van der Waals surface area contributed by atoms with Crippen LogP contribution in [0.1, 0.15) is 16.1 Å². The summed E-state index contributed by atoms with van der Waals surface area (Å²) in [6, 6.07) is 5.40. The summed E-state index contributed by atoms with van der Waals surface area (Å²) in [4.78, 5) is 18.2. The second kappa shape index (κ2) is 7.00. The number of hydrogen-bond acceptors (Lipinski definition) is 3. The van der Waals surface area contributed by atoms with E-state index in [4.69, 9.17) is 11.5 Å². The number of nitrogens with zero attached hydrogens (tertiary/aromatic N) is 1. The zero-order valence-electron chi connectivity index (χ0n) is 9.42. The number of primary amides is 1. The van der Waals surface area contributed by atoms with E-state index in [1.165, 1.54) is 0 Å². The molecule has 0 aromatic carbocycles. The van der Waals surface area contributed by atoms with Crippen molar-refractivity contribution in [3.63, 3.8) is 0 Å². The first kappa shape index (κ1) is 16.4. The number of aromatic nitrogens is 2. The van der Waals surface area contributed by atoms with E-state index < -0.39 is 5.91 Å². The van der Waals surface area contributed by atoms with Gasteiger partial charge in [0.05, 0.1) is 5.56 Å². The summed E-state index contributed by atoms with van der Waals surface area (Å²) in [5, 5.41) is 0. The number of aromatic amines is 1. The first-order valence-corrected chi connectivity index (χ1v) is 4.84. The van der Waals surface area contributed by atoms with Gasteiger partial charge >= 0.3 is 0 Å². The largest absolute Gasteiger partial charge is 0.366 e. The summed E-state index contributed by atoms with van der Waals surface area (Å²) >= 11 is 0. The summed E-state index contributed by atoms with van der Waals surface area (Å²) < 4.78 is 0. The molecule has 5 nitrogen and oxygen atoms in total. The molecule has 2 aromatic heterocycles. The number of amides is 1. The Bertz CT molecular complexity index is 513. The van der Waals surface area contributed by atoms with Crippen LogP contribution in [0.2, 0.25) is 0 Å². The number of nitrogens with two attached hydrogens (primary N) is 2. The molecule has 0 saturated carbocycles. The number of carbonyl (C=O) groups is 1.